The van der Waals surface area contributed by atoms with Crippen molar-refractivity contribution in [2.45, 2.75) is 143 Å². The summed E-state index contributed by atoms with van der Waals surface area (Å²) < 4.78 is 11.1. The van der Waals surface area contributed by atoms with Crippen LogP contribution in [0.2, 0.25) is 10.2 Å². The van der Waals surface area contributed by atoms with E-state index in [0.29, 0.717) is 189 Å². The maximum absolute atomic E-state index is 12.0. The lowest BCUT2D eigenvalue weighted by atomic mass is 10.1. The Hall–Kier alpha value is -13.2. The molecule has 16 aromatic rings. The Morgan fingerprint density at radius 3 is 0.992 bits per heavy atom. The molecule has 21 rings (SSSR count). The number of nitrogen functional groups attached to an aromatic ring is 5. The first-order chi connectivity index (χ1) is 61.7. The van der Waals surface area contributed by atoms with E-state index in [-0.39, 0.29) is 28.9 Å². The second-order valence-corrected chi connectivity index (χ2v) is 37.3. The molecule has 3 aromatic carbocycles. The van der Waals surface area contributed by atoms with Crippen molar-refractivity contribution in [1.29, 1.82) is 0 Å². The number of rotatable bonds is 24. The molecule has 0 aliphatic heterocycles. The summed E-state index contributed by atoms with van der Waals surface area (Å²) in [6.45, 7) is 10.1. The van der Waals surface area contributed by atoms with E-state index in [4.69, 9.17) is 71.3 Å². The van der Waals surface area contributed by atoms with Gasteiger partial charge in [-0.1, -0.05) is 95.5 Å². The van der Waals surface area contributed by atoms with Crippen LogP contribution in [0, 0.1) is 6.92 Å². The van der Waals surface area contributed by atoms with Gasteiger partial charge in [0, 0.05) is 122 Å². The Kier molecular flexibility index (Phi) is 25.2. The fourth-order valence-corrected chi connectivity index (χ4v) is 18.9. The van der Waals surface area contributed by atoms with Crippen LogP contribution in [0.25, 0.3) is 107 Å². The van der Waals surface area contributed by atoms with E-state index in [1.165, 1.54) is 96.9 Å². The fourth-order valence-electron chi connectivity index (χ4n) is 13.7. The Balaban J connectivity index is 0.000000113. The molecule has 15 N–H and O–H groups in total. The number of aromatic nitrogens is 13. The number of halogens is 2. The van der Waals surface area contributed by atoms with Gasteiger partial charge in [-0.25, -0.2) is 59.8 Å². The minimum atomic E-state index is -0.0778. The summed E-state index contributed by atoms with van der Waals surface area (Å²) in [4.78, 5) is 125. The van der Waals surface area contributed by atoms with Gasteiger partial charge in [0.05, 0.1) is 122 Å². The monoisotopic (exact) mass is 1840 g/mol. The van der Waals surface area contributed by atoms with Gasteiger partial charge in [-0.15, -0.1) is 56.7 Å². The van der Waals surface area contributed by atoms with Crippen molar-refractivity contribution >= 4 is 218 Å². The number of thiophene rings is 5. The zero-order valence-electron chi connectivity index (χ0n) is 70.2. The highest BCUT2D eigenvalue weighted by atomic mass is 35.5. The summed E-state index contributed by atoms with van der Waals surface area (Å²) in [6, 6.07) is 36.7. The Bertz CT molecular complexity index is 6620. The van der Waals surface area contributed by atoms with Crippen LogP contribution >= 0.6 is 79.9 Å². The van der Waals surface area contributed by atoms with Crippen LogP contribution in [0.5, 0.6) is 11.6 Å². The SMILES string of the molecule is CC(=O)c1sc2nc(NC3CC3)nc(-c3ccc(C)cc3)c2c1N.CC(=O)c1sc2nc(NC3CC3)nc(-c3ccc(Cl)cc3)c2c1N.CC(=O)c1sc2nc(NC3CC3)nc(-c3ccc(Cl)nc3)c2c1N.CC(=O)c1sc2nc(NC3CC3)nc(-c3ccc(OCc4ccccc4)nc3)c2c1N.COc1cncc(-c2nc(NC3CC3)nc3sc(C(C)=O)c(N)c23)c1. The normalized spacial score (nSPS) is 13.9. The van der Waals surface area contributed by atoms with Crippen LogP contribution in [0.15, 0.2) is 134 Å². The van der Waals surface area contributed by atoms with Crippen LogP contribution in [0.1, 0.15) is 158 Å². The molecule has 0 bridgehead atoms. The van der Waals surface area contributed by atoms with Crippen LogP contribution in [0.4, 0.5) is 58.2 Å². The number of hydrogen-bond acceptors (Lipinski definition) is 35. The van der Waals surface area contributed by atoms with Crippen molar-refractivity contribution < 1.29 is 33.4 Å². The molecular formula is C91H85Cl2N23O7S5. The Morgan fingerprint density at radius 1 is 0.375 bits per heavy atom. The third kappa shape index (κ3) is 19.8. The molecule has 0 amide bonds. The highest BCUT2D eigenvalue weighted by Crippen LogP contribution is 2.47. The lowest BCUT2D eigenvalue weighted by Crippen LogP contribution is -2.06. The molecule has 0 atom stereocenters. The smallest absolute Gasteiger partial charge is 0.224 e. The van der Waals surface area contributed by atoms with Gasteiger partial charge in [-0.3, -0.25) is 29.0 Å². The summed E-state index contributed by atoms with van der Waals surface area (Å²) in [5.41, 5.74) is 43.4. The standard InChI is InChI=1S/C23H21N5O2S.C18H18N4OS.C17H15ClN4OS.C17H17N5O2S.C16H14ClN5OS/c1-13(29)21-19(24)18-20(27-23(26-16-8-9-16)28-22(18)31-21)15-7-10-17(25-11-15)30-12-14-5-3-2-4-6-14;1-9-3-5-11(6-4-9)15-13-14(19)16(10(2)23)24-17(13)22-18(21-15)20-12-7-8-12;1-8(23)15-13(19)12-14(9-2-4-10(18)5-3-9)21-17(20-11-6-7-11)22-16(12)24-15;1-8(23)15-13(18)12-14(9-5-11(24-2)7-19-6-9)21-17(20-10-3-4-10)22-16(12)25-15;1-7(23)14-12(18)11-13(8-2-5-10(17)19-6-8)21-16(20-9-3-4-9)22-15(11)24-14/h2-7,10-11,16H,8-9,12,24H2,1H3,(H,26,27,28);3-6,12H,7-8,19H2,1-2H3,(H,20,21,22);2-5,11H,6-7,19H2,1H3,(H,20,21,22);5-7,10H,3-4,18H2,1-2H3,(H,20,21,22);2,5-6,9H,3-4,18H2,1H3,(H,20,21,22). The van der Waals surface area contributed by atoms with Gasteiger partial charge >= 0.3 is 0 Å². The van der Waals surface area contributed by atoms with Crippen LogP contribution in [0.3, 0.4) is 0 Å². The number of carbonyl (C=O) groups excluding carboxylic acids is 5. The first-order valence-corrected chi connectivity index (χ1v) is 46.0. The predicted octanol–water partition coefficient (Wildman–Crippen LogP) is 20.0. The van der Waals surface area contributed by atoms with E-state index in [2.05, 4.69) is 81.4 Å². The quantitative estimate of drug-likeness (QED) is 0.0198. The molecule has 0 spiro atoms. The zero-order chi connectivity index (χ0) is 89.5. The highest BCUT2D eigenvalue weighted by Gasteiger charge is 2.32. The van der Waals surface area contributed by atoms with Crippen molar-refractivity contribution in [3.8, 4) is 67.9 Å². The number of benzene rings is 3. The van der Waals surface area contributed by atoms with Crippen LogP contribution in [-0.4, -0.2) is 131 Å². The molecular weight excluding hydrogens is 1760 g/mol. The lowest BCUT2D eigenvalue weighted by Gasteiger charge is -2.09. The molecule has 5 aliphatic rings. The Morgan fingerprint density at radius 2 is 0.688 bits per heavy atom. The summed E-state index contributed by atoms with van der Waals surface area (Å²) >= 11 is 18.4. The number of pyridine rings is 3. The third-order valence-corrected chi connectivity index (χ3v) is 27.5. The molecule has 0 saturated heterocycles. The van der Waals surface area contributed by atoms with E-state index in [0.717, 1.165) is 129 Å². The number of nitrogens with zero attached hydrogens (tertiary/aromatic N) is 13. The minimum absolute atomic E-state index is 0.0398. The second kappa shape index (κ2) is 37.0. The van der Waals surface area contributed by atoms with Gasteiger partial charge in [0.1, 0.15) is 41.7 Å². The summed E-state index contributed by atoms with van der Waals surface area (Å²) in [5, 5.41) is 21.3. The molecule has 37 heteroatoms. The van der Waals surface area contributed by atoms with Crippen molar-refractivity contribution in [2.24, 2.45) is 0 Å². The minimum Gasteiger partial charge on any atom is -0.495 e. The van der Waals surface area contributed by atoms with E-state index in [1.54, 1.807) is 38.0 Å². The molecule has 30 nitrogen and oxygen atoms in total. The number of fused-ring (bicyclic) bond motifs is 5. The second-order valence-electron chi connectivity index (χ2n) is 31.5. The predicted molar refractivity (Wildman–Crippen MR) is 515 cm³/mol. The van der Waals surface area contributed by atoms with Gasteiger partial charge in [0.15, 0.2) is 28.9 Å². The van der Waals surface area contributed by atoms with Crippen molar-refractivity contribution in [2.75, 3.05) is 62.4 Å². The number of ketones is 5. The van der Waals surface area contributed by atoms with Crippen molar-refractivity contribution in [1.82, 2.24) is 64.8 Å². The molecule has 13 aromatic heterocycles. The largest absolute Gasteiger partial charge is 0.495 e. The number of ether oxygens (including phenoxy) is 2. The number of carbonyl (C=O) groups is 5. The van der Waals surface area contributed by atoms with Gasteiger partial charge in [-0.2, -0.15) is 0 Å². The summed E-state index contributed by atoms with van der Waals surface area (Å²) in [7, 11) is 1.59. The molecule has 5 saturated carbocycles. The number of nitrogens with one attached hydrogen (secondary N) is 5. The fraction of sp³-hybridized carbons (Fsp3) is 0.253. The number of anilines is 10. The van der Waals surface area contributed by atoms with Crippen LogP contribution in [-0.2, 0) is 6.61 Å². The van der Waals surface area contributed by atoms with E-state index >= 15 is 0 Å². The van der Waals surface area contributed by atoms with Gasteiger partial charge in [0.2, 0.25) is 35.6 Å². The number of aryl methyl sites for hydroxylation is 1. The average Bonchev–Trinajstić information content (AvgIpc) is 1.63. The molecule has 0 unspecified atom stereocenters. The number of methoxy groups -OCH3 is 1. The van der Waals surface area contributed by atoms with Crippen LogP contribution < -0.4 is 64.7 Å². The molecule has 0 radical (unpaired) electrons. The van der Waals surface area contributed by atoms with Gasteiger partial charge < -0.3 is 64.7 Å². The van der Waals surface area contributed by atoms with E-state index in [1.807, 2.05) is 110 Å². The Labute approximate surface area is 763 Å². The maximum atomic E-state index is 12.0. The summed E-state index contributed by atoms with van der Waals surface area (Å²) in [6.07, 6.45) is 17.9. The average molecular weight is 1840 g/mol. The number of hydrogen-bond donors (Lipinski definition) is 10. The molecule has 128 heavy (non-hydrogen) atoms. The van der Waals surface area contributed by atoms with Gasteiger partial charge in [-0.05, 0) is 113 Å². The maximum Gasteiger partial charge on any atom is 0.224 e. The zero-order valence-corrected chi connectivity index (χ0v) is 75.8. The summed E-state index contributed by atoms with van der Waals surface area (Å²) in [5.74, 6) is 3.64. The third-order valence-electron chi connectivity index (χ3n) is 21.0. The van der Waals surface area contributed by atoms with Gasteiger partial charge in [0.25, 0.3) is 0 Å². The number of nitrogens with two attached hydrogens (primary N) is 5. The topological polar surface area (TPSA) is 462 Å². The molecule has 650 valence electrons. The first-order valence-electron chi connectivity index (χ1n) is 41.2. The first kappa shape index (κ1) is 86.9. The lowest BCUT2D eigenvalue weighted by molar-refractivity contribution is 0.101. The number of Topliss-reactive ketones (excluding diaryl/α,β-unsaturated/α-hetero) is 5. The molecule has 5 aliphatic carbocycles. The highest BCUT2D eigenvalue weighted by molar-refractivity contribution is 7.23. The van der Waals surface area contributed by atoms with Crippen molar-refractivity contribution in [3.63, 3.8) is 0 Å². The molecule has 5 fully saturated rings. The van der Waals surface area contributed by atoms with E-state index < -0.39 is 0 Å². The molecule has 13 heterocycles. The van der Waals surface area contributed by atoms with E-state index in [9.17, 15) is 24.0 Å². The van der Waals surface area contributed by atoms with Crippen molar-refractivity contribution in [3.05, 3.63) is 180 Å².